The number of alkyl halides is 1. The fraction of sp³-hybridized carbons (Fsp3) is 0.143. The Morgan fingerprint density at radius 3 is 2.08 bits per heavy atom. The summed E-state index contributed by atoms with van der Waals surface area (Å²) in [6, 6.07) is 5.42. The Morgan fingerprint density at radius 2 is 1.67 bits per heavy atom. The summed E-state index contributed by atoms with van der Waals surface area (Å²) in [4.78, 5) is 0. The summed E-state index contributed by atoms with van der Waals surface area (Å²) >= 11 is 20.3. The minimum atomic E-state index is -0.822. The van der Waals surface area contributed by atoms with Gasteiger partial charge in [0, 0.05) is 0 Å². The van der Waals surface area contributed by atoms with Gasteiger partial charge in [-0.05, 0) is 0 Å². The first-order chi connectivity index (χ1) is 5.63. The Balaban J connectivity index is 3.00. The Hall–Kier alpha value is 1.19. The van der Waals surface area contributed by atoms with Crippen molar-refractivity contribution in [2.45, 2.75) is 3.97 Å². The van der Waals surface area contributed by atoms with Crippen molar-refractivity contribution in [3.8, 4) is 0 Å². The van der Waals surface area contributed by atoms with Crippen LogP contribution in [0, 0.1) is 0 Å². The molecule has 5 heteroatoms. The number of rotatable bonds is 2. The Bertz CT molecular complexity index is 259. The second-order valence-electron chi connectivity index (χ2n) is 2.32. The molecule has 1 unspecified atom stereocenters. The second-order valence-corrected chi connectivity index (χ2v) is 10.5. The average Bonchev–Trinajstić information content (AvgIpc) is 2.01. The van der Waals surface area contributed by atoms with Crippen LogP contribution in [0.2, 0.25) is 10.0 Å². The van der Waals surface area contributed by atoms with E-state index in [1.807, 2.05) is 12.1 Å². The van der Waals surface area contributed by atoms with Gasteiger partial charge in [-0.1, -0.05) is 0 Å². The molecule has 0 saturated carbocycles. The molecule has 0 fully saturated rings. The molecule has 0 bridgehead atoms. The van der Waals surface area contributed by atoms with Crippen molar-refractivity contribution in [2.75, 3.05) is 0 Å². The third-order valence-electron chi connectivity index (χ3n) is 1.38. The van der Waals surface area contributed by atoms with Gasteiger partial charge < -0.3 is 0 Å². The van der Waals surface area contributed by atoms with Gasteiger partial charge in [-0.3, -0.25) is 0 Å². The predicted molar refractivity (Wildman–Crippen MR) is 54.0 cm³/mol. The van der Waals surface area contributed by atoms with Gasteiger partial charge in [-0.15, -0.1) is 0 Å². The van der Waals surface area contributed by atoms with Crippen LogP contribution in [0.4, 0.5) is 0 Å². The van der Waals surface area contributed by atoms with E-state index in [1.54, 1.807) is 6.07 Å². The first-order valence-electron chi connectivity index (χ1n) is 3.29. The summed E-state index contributed by atoms with van der Waals surface area (Å²) in [5.41, 5.74) is 1.02. The van der Waals surface area contributed by atoms with E-state index in [-0.39, 0.29) is 3.97 Å². The topological polar surface area (TPSA) is 0 Å². The predicted octanol–water partition coefficient (Wildman–Crippen LogP) is 4.62. The molecule has 0 aliphatic rings. The molecule has 0 heterocycles. The molecule has 12 heavy (non-hydrogen) atoms. The van der Waals surface area contributed by atoms with E-state index < -0.39 is 15.2 Å². The van der Waals surface area contributed by atoms with Gasteiger partial charge >= 0.3 is 101 Å². The van der Waals surface area contributed by atoms with E-state index in [0.29, 0.717) is 10.0 Å². The molecule has 62 valence electrons. The van der Waals surface area contributed by atoms with Gasteiger partial charge in [-0.2, -0.15) is 0 Å². The van der Waals surface area contributed by atoms with E-state index in [9.17, 15) is 0 Å². The molecule has 1 aromatic rings. The van der Waals surface area contributed by atoms with Crippen molar-refractivity contribution < 1.29 is 15.2 Å². The van der Waals surface area contributed by atoms with Gasteiger partial charge in [0.1, 0.15) is 0 Å². The van der Waals surface area contributed by atoms with Crippen LogP contribution in [0.25, 0.3) is 0 Å². The van der Waals surface area contributed by atoms with E-state index in [0.717, 1.165) is 5.56 Å². The summed E-state index contributed by atoms with van der Waals surface area (Å²) in [6.07, 6.45) is 0. The first-order valence-corrected chi connectivity index (χ1v) is 13.1. The zero-order valence-corrected chi connectivity index (χ0v) is 12.8. The molecule has 1 aromatic carbocycles. The van der Waals surface area contributed by atoms with Crippen molar-refractivity contribution in [3.05, 3.63) is 33.8 Å². The van der Waals surface area contributed by atoms with Gasteiger partial charge in [0.15, 0.2) is 0 Å². The van der Waals surface area contributed by atoms with Crippen molar-refractivity contribution in [1.82, 2.24) is 0 Å². The van der Waals surface area contributed by atoms with E-state index in [4.69, 9.17) is 34.8 Å². The molecule has 0 N–H and O–H groups in total. The molecule has 0 spiro atoms. The third kappa shape index (κ3) is 3.16. The molecule has 0 nitrogen and oxygen atoms in total. The van der Waals surface area contributed by atoms with Gasteiger partial charge in [-0.25, -0.2) is 0 Å². The number of hydrogen-bond donors (Lipinski definition) is 0. The molecular formula is C7H4BrCl3Zn. The van der Waals surface area contributed by atoms with Crippen LogP contribution in [0.5, 0.6) is 0 Å². The standard InChI is InChI=1S/C7H4Cl3.BrH.Zn/c8-4-5-1-6(9)3-7(10)2-5;;/h1-4H;1H;/q;;+1/p-1. The summed E-state index contributed by atoms with van der Waals surface area (Å²) in [5.74, 6) is 0. The van der Waals surface area contributed by atoms with Gasteiger partial charge in [0.2, 0.25) is 0 Å². The van der Waals surface area contributed by atoms with E-state index in [2.05, 4.69) is 13.6 Å². The fourth-order valence-corrected chi connectivity index (χ4v) is 4.32. The van der Waals surface area contributed by atoms with Crippen molar-refractivity contribution in [1.29, 1.82) is 0 Å². The number of halogens is 4. The molecule has 0 aliphatic heterocycles. The summed E-state index contributed by atoms with van der Waals surface area (Å²) in [7, 11) is 0. The second kappa shape index (κ2) is 5.17. The first kappa shape index (κ1) is 11.3. The zero-order valence-electron chi connectivity index (χ0n) is 6.03. The molecule has 0 aromatic heterocycles. The SMILES string of the molecule is Clc1cc(Cl)cc([CH](Cl)[Zn][Br])c1. The number of benzene rings is 1. The van der Waals surface area contributed by atoms with E-state index in [1.165, 1.54) is 0 Å². The van der Waals surface area contributed by atoms with Crippen molar-refractivity contribution >= 4 is 48.4 Å². The monoisotopic (exact) mass is 336 g/mol. The van der Waals surface area contributed by atoms with E-state index >= 15 is 0 Å². The van der Waals surface area contributed by atoms with Crippen LogP contribution in [0.15, 0.2) is 18.2 Å². The van der Waals surface area contributed by atoms with Crippen LogP contribution in [0.3, 0.4) is 0 Å². The Kier molecular flexibility index (Phi) is 4.85. The molecule has 0 amide bonds. The Morgan fingerprint density at radius 1 is 1.17 bits per heavy atom. The normalized spacial score (nSPS) is 12.3. The van der Waals surface area contributed by atoms with Gasteiger partial charge in [0.25, 0.3) is 0 Å². The molecule has 1 atom stereocenters. The van der Waals surface area contributed by atoms with Crippen LogP contribution in [0.1, 0.15) is 9.53 Å². The van der Waals surface area contributed by atoms with Crippen LogP contribution in [-0.2, 0) is 15.2 Å². The summed E-state index contributed by atoms with van der Waals surface area (Å²) in [5, 5.41) is 1.29. The zero-order chi connectivity index (χ0) is 9.14. The molecule has 1 rings (SSSR count). The van der Waals surface area contributed by atoms with Gasteiger partial charge in [0.05, 0.1) is 0 Å². The van der Waals surface area contributed by atoms with Crippen LogP contribution in [-0.4, -0.2) is 0 Å². The molecular weight excluding hydrogens is 336 g/mol. The van der Waals surface area contributed by atoms with Crippen LogP contribution >= 0.6 is 48.4 Å². The third-order valence-corrected chi connectivity index (χ3v) is 9.73. The van der Waals surface area contributed by atoms with Crippen molar-refractivity contribution in [2.24, 2.45) is 0 Å². The maximum absolute atomic E-state index is 6.05. The Labute approximate surface area is 101 Å². The van der Waals surface area contributed by atoms with Crippen LogP contribution < -0.4 is 0 Å². The minimum absolute atomic E-state index is 0.105. The molecule has 0 radical (unpaired) electrons. The maximum atomic E-state index is 6.05. The number of hydrogen-bond acceptors (Lipinski definition) is 0. The average molecular weight is 340 g/mol. The fourth-order valence-electron chi connectivity index (χ4n) is 0.845. The summed E-state index contributed by atoms with van der Waals surface area (Å²) in [6.45, 7) is 0. The summed E-state index contributed by atoms with van der Waals surface area (Å²) < 4.78 is 0.105. The van der Waals surface area contributed by atoms with Crippen molar-refractivity contribution in [3.63, 3.8) is 0 Å². The molecule has 0 aliphatic carbocycles. The molecule has 0 saturated heterocycles. The quantitative estimate of drug-likeness (QED) is 0.544.